The van der Waals surface area contributed by atoms with E-state index in [-0.39, 0.29) is 0 Å². The lowest BCUT2D eigenvalue weighted by atomic mass is 10.2. The molecule has 1 N–H and O–H groups in total. The van der Waals surface area contributed by atoms with E-state index in [1.54, 1.807) is 24.4 Å². The van der Waals surface area contributed by atoms with Gasteiger partial charge in [-0.15, -0.1) is 0 Å². The number of nitrogens with one attached hydrogen (secondary N) is 1. The second-order valence-corrected chi connectivity index (χ2v) is 5.22. The molecule has 3 nitrogen and oxygen atoms in total. The third kappa shape index (κ3) is 4.37. The van der Waals surface area contributed by atoms with E-state index in [2.05, 4.69) is 17.2 Å². The molecule has 0 saturated carbocycles. The van der Waals surface area contributed by atoms with Crippen molar-refractivity contribution in [2.75, 3.05) is 6.54 Å². The summed E-state index contributed by atoms with van der Waals surface area (Å²) in [6.45, 7) is 3.80. The van der Waals surface area contributed by atoms with Crippen LogP contribution >= 0.6 is 23.2 Å². The van der Waals surface area contributed by atoms with Crippen LogP contribution in [0.2, 0.25) is 10.0 Å². The summed E-state index contributed by atoms with van der Waals surface area (Å²) >= 11 is 11.9. The lowest BCUT2D eigenvalue weighted by Gasteiger charge is -2.11. The molecule has 1 aromatic carbocycles. The Bertz CT molecular complexity index is 555. The number of aromatic nitrogens is 1. The zero-order chi connectivity index (χ0) is 14.4. The number of benzene rings is 1. The maximum Gasteiger partial charge on any atom is 0.223 e. The van der Waals surface area contributed by atoms with Gasteiger partial charge in [-0.25, -0.2) is 4.98 Å². The van der Waals surface area contributed by atoms with E-state index in [0.717, 1.165) is 18.5 Å². The molecule has 0 amide bonds. The van der Waals surface area contributed by atoms with Gasteiger partial charge in [0, 0.05) is 28.4 Å². The highest BCUT2D eigenvalue weighted by molar-refractivity contribution is 6.34. The van der Waals surface area contributed by atoms with Crippen LogP contribution in [0.5, 0.6) is 11.6 Å². The van der Waals surface area contributed by atoms with Gasteiger partial charge in [-0.1, -0.05) is 36.2 Å². The van der Waals surface area contributed by atoms with Gasteiger partial charge in [-0.3, -0.25) is 0 Å². The van der Waals surface area contributed by atoms with Crippen LogP contribution in [0.25, 0.3) is 0 Å². The van der Waals surface area contributed by atoms with Crippen LogP contribution in [0.15, 0.2) is 36.5 Å². The molecule has 1 heterocycles. The first-order valence-corrected chi connectivity index (χ1v) is 7.23. The fourth-order valence-electron chi connectivity index (χ4n) is 1.75. The second kappa shape index (κ2) is 7.48. The van der Waals surface area contributed by atoms with Gasteiger partial charge >= 0.3 is 0 Å². The van der Waals surface area contributed by atoms with Crippen LogP contribution in [0.1, 0.15) is 18.9 Å². The Morgan fingerprint density at radius 1 is 1.20 bits per heavy atom. The molecule has 0 saturated heterocycles. The number of nitrogens with zero attached hydrogens (tertiary/aromatic N) is 1. The number of hydrogen-bond acceptors (Lipinski definition) is 3. The summed E-state index contributed by atoms with van der Waals surface area (Å²) in [4.78, 5) is 4.26. The zero-order valence-corrected chi connectivity index (χ0v) is 12.7. The molecule has 0 atom stereocenters. The van der Waals surface area contributed by atoms with E-state index in [1.165, 1.54) is 0 Å². The lowest BCUT2D eigenvalue weighted by Crippen LogP contribution is -2.14. The Balaban J connectivity index is 2.15. The summed E-state index contributed by atoms with van der Waals surface area (Å²) in [5, 5.41) is 4.40. The van der Waals surface area contributed by atoms with Crippen molar-refractivity contribution in [3.8, 4) is 11.6 Å². The SMILES string of the molecule is CCCNCc1cccnc1Oc1cc(Cl)cc(Cl)c1. The van der Waals surface area contributed by atoms with Gasteiger partial charge in [0.1, 0.15) is 5.75 Å². The van der Waals surface area contributed by atoms with Gasteiger partial charge in [0.05, 0.1) is 0 Å². The van der Waals surface area contributed by atoms with Gasteiger partial charge < -0.3 is 10.1 Å². The van der Waals surface area contributed by atoms with Crippen molar-refractivity contribution >= 4 is 23.2 Å². The van der Waals surface area contributed by atoms with Crippen molar-refractivity contribution < 1.29 is 4.74 Å². The normalized spacial score (nSPS) is 10.6. The molecule has 0 fully saturated rings. The van der Waals surface area contributed by atoms with Crippen molar-refractivity contribution in [1.29, 1.82) is 0 Å². The summed E-state index contributed by atoms with van der Waals surface area (Å²) < 4.78 is 5.78. The molecule has 0 aliphatic heterocycles. The minimum Gasteiger partial charge on any atom is -0.439 e. The molecule has 0 spiro atoms. The molecular weight excluding hydrogens is 295 g/mol. The maximum absolute atomic E-state index is 5.96. The van der Waals surface area contributed by atoms with E-state index in [0.29, 0.717) is 28.2 Å². The highest BCUT2D eigenvalue weighted by atomic mass is 35.5. The van der Waals surface area contributed by atoms with Crippen molar-refractivity contribution in [3.05, 3.63) is 52.1 Å². The number of halogens is 2. The third-order valence-electron chi connectivity index (χ3n) is 2.64. The molecule has 5 heteroatoms. The van der Waals surface area contributed by atoms with Crippen LogP contribution in [0, 0.1) is 0 Å². The lowest BCUT2D eigenvalue weighted by molar-refractivity contribution is 0.453. The zero-order valence-electron chi connectivity index (χ0n) is 11.2. The number of rotatable bonds is 6. The Labute approximate surface area is 128 Å². The molecule has 0 aliphatic rings. The highest BCUT2D eigenvalue weighted by Gasteiger charge is 2.07. The molecule has 1 aromatic heterocycles. The molecule has 20 heavy (non-hydrogen) atoms. The fourth-order valence-corrected chi connectivity index (χ4v) is 2.26. The van der Waals surface area contributed by atoms with Crippen LogP contribution < -0.4 is 10.1 Å². The molecule has 0 bridgehead atoms. The molecule has 0 radical (unpaired) electrons. The Hall–Kier alpha value is -1.29. The van der Waals surface area contributed by atoms with Crippen LogP contribution in [0.4, 0.5) is 0 Å². The van der Waals surface area contributed by atoms with Gasteiger partial charge in [-0.05, 0) is 37.2 Å². The molecule has 2 aromatic rings. The summed E-state index contributed by atoms with van der Waals surface area (Å²) in [7, 11) is 0. The quantitative estimate of drug-likeness (QED) is 0.787. The number of pyridine rings is 1. The average molecular weight is 311 g/mol. The molecule has 106 valence electrons. The van der Waals surface area contributed by atoms with Gasteiger partial charge in [0.2, 0.25) is 5.88 Å². The van der Waals surface area contributed by atoms with Gasteiger partial charge in [0.15, 0.2) is 0 Å². The van der Waals surface area contributed by atoms with Gasteiger partial charge in [0.25, 0.3) is 0 Å². The summed E-state index contributed by atoms with van der Waals surface area (Å²) in [6, 6.07) is 8.97. The Morgan fingerprint density at radius 3 is 2.65 bits per heavy atom. The molecule has 2 rings (SSSR count). The molecule has 0 unspecified atom stereocenters. The minimum absolute atomic E-state index is 0.536. The van der Waals surface area contributed by atoms with Crippen molar-refractivity contribution in [2.24, 2.45) is 0 Å². The smallest absolute Gasteiger partial charge is 0.223 e. The monoisotopic (exact) mass is 310 g/mol. The van der Waals surface area contributed by atoms with Crippen molar-refractivity contribution in [1.82, 2.24) is 10.3 Å². The average Bonchev–Trinajstić information content (AvgIpc) is 2.40. The van der Waals surface area contributed by atoms with E-state index >= 15 is 0 Å². The summed E-state index contributed by atoms with van der Waals surface area (Å²) in [5.74, 6) is 1.15. The predicted octanol–water partition coefficient (Wildman–Crippen LogP) is 4.68. The predicted molar refractivity (Wildman–Crippen MR) is 82.8 cm³/mol. The first kappa shape index (κ1) is 15.1. The maximum atomic E-state index is 5.96. The minimum atomic E-state index is 0.536. The highest BCUT2D eigenvalue weighted by Crippen LogP contribution is 2.28. The summed E-state index contributed by atoms with van der Waals surface area (Å²) in [5.41, 5.74) is 0.997. The Kier molecular flexibility index (Phi) is 5.65. The van der Waals surface area contributed by atoms with Gasteiger partial charge in [-0.2, -0.15) is 0 Å². The largest absolute Gasteiger partial charge is 0.439 e. The van der Waals surface area contributed by atoms with E-state index in [4.69, 9.17) is 27.9 Å². The number of hydrogen-bond donors (Lipinski definition) is 1. The van der Waals surface area contributed by atoms with Crippen LogP contribution in [-0.4, -0.2) is 11.5 Å². The molecule has 0 aliphatic carbocycles. The number of ether oxygens (including phenoxy) is 1. The van der Waals surface area contributed by atoms with Crippen molar-refractivity contribution in [2.45, 2.75) is 19.9 Å². The first-order chi connectivity index (χ1) is 9.69. The van der Waals surface area contributed by atoms with Crippen LogP contribution in [-0.2, 0) is 6.54 Å². The molecular formula is C15H16Cl2N2O. The standard InChI is InChI=1S/C15H16Cl2N2O/c1-2-5-18-10-11-4-3-6-19-15(11)20-14-8-12(16)7-13(17)9-14/h3-4,6-9,18H,2,5,10H2,1H3. The fraction of sp³-hybridized carbons (Fsp3) is 0.267. The topological polar surface area (TPSA) is 34.2 Å². The van der Waals surface area contributed by atoms with E-state index in [1.807, 2.05) is 12.1 Å². The third-order valence-corrected chi connectivity index (χ3v) is 3.08. The Morgan fingerprint density at radius 2 is 1.95 bits per heavy atom. The second-order valence-electron chi connectivity index (χ2n) is 4.35. The van der Waals surface area contributed by atoms with E-state index < -0.39 is 0 Å². The van der Waals surface area contributed by atoms with E-state index in [9.17, 15) is 0 Å². The van der Waals surface area contributed by atoms with Crippen LogP contribution in [0.3, 0.4) is 0 Å². The summed E-state index contributed by atoms with van der Waals surface area (Å²) in [6.07, 6.45) is 2.78. The van der Waals surface area contributed by atoms with Crippen molar-refractivity contribution in [3.63, 3.8) is 0 Å². The first-order valence-electron chi connectivity index (χ1n) is 6.47.